The Kier molecular flexibility index (Phi) is 5.55. The zero-order valence-corrected chi connectivity index (χ0v) is 12.1. The monoisotopic (exact) mass is 287 g/mol. The summed E-state index contributed by atoms with van der Waals surface area (Å²) in [6.45, 7) is 2.00. The van der Waals surface area contributed by atoms with E-state index in [1.54, 1.807) is 18.6 Å². The minimum absolute atomic E-state index is 0.0446. The molecule has 0 unspecified atom stereocenters. The third kappa shape index (κ3) is 5.01. The Morgan fingerprint density at radius 1 is 1.25 bits per heavy atom. The molecule has 2 rings (SSSR count). The molecule has 1 amide bonds. The van der Waals surface area contributed by atoms with Crippen LogP contribution in [0.4, 0.5) is 0 Å². The maximum Gasteiger partial charge on any atom is 0.230 e. The minimum atomic E-state index is 0.0446. The van der Waals surface area contributed by atoms with E-state index in [1.165, 1.54) is 11.8 Å². The first-order chi connectivity index (χ1) is 9.74. The summed E-state index contributed by atoms with van der Waals surface area (Å²) in [5.74, 6) is 0.463. The summed E-state index contributed by atoms with van der Waals surface area (Å²) in [4.78, 5) is 20.9. The van der Waals surface area contributed by atoms with E-state index in [4.69, 9.17) is 0 Å². The highest BCUT2D eigenvalue weighted by Gasteiger charge is 2.08. The number of nitrogens with zero attached hydrogens (tertiary/aromatic N) is 2. The number of pyridine rings is 2. The van der Waals surface area contributed by atoms with Crippen molar-refractivity contribution in [1.29, 1.82) is 0 Å². The molecule has 20 heavy (non-hydrogen) atoms. The van der Waals surface area contributed by atoms with E-state index in [2.05, 4.69) is 15.3 Å². The molecule has 1 atom stereocenters. The van der Waals surface area contributed by atoms with E-state index in [1.807, 2.05) is 37.4 Å². The highest BCUT2D eigenvalue weighted by molar-refractivity contribution is 8.00. The molecule has 104 valence electrons. The number of rotatable bonds is 6. The first-order valence-corrected chi connectivity index (χ1v) is 7.43. The maximum atomic E-state index is 11.9. The molecule has 2 aromatic heterocycles. The molecule has 1 N–H and O–H groups in total. The van der Waals surface area contributed by atoms with Crippen molar-refractivity contribution in [3.63, 3.8) is 0 Å². The summed E-state index contributed by atoms with van der Waals surface area (Å²) in [5, 5.41) is 3.00. The number of aromatic nitrogens is 2. The lowest BCUT2D eigenvalue weighted by molar-refractivity contribution is -0.119. The lowest BCUT2D eigenvalue weighted by Crippen LogP contribution is -2.35. The van der Waals surface area contributed by atoms with Gasteiger partial charge in [-0.05, 0) is 37.1 Å². The topological polar surface area (TPSA) is 54.9 Å². The SMILES string of the molecule is C[C@@H](Cc1cccnc1)NC(=O)CSc1ccncc1. The van der Waals surface area contributed by atoms with Gasteiger partial charge in [0, 0.05) is 35.7 Å². The molecule has 0 spiro atoms. The van der Waals surface area contributed by atoms with Crippen LogP contribution in [0.25, 0.3) is 0 Å². The van der Waals surface area contributed by atoms with Crippen LogP contribution in [0.5, 0.6) is 0 Å². The van der Waals surface area contributed by atoms with Gasteiger partial charge in [0.15, 0.2) is 0 Å². The quantitative estimate of drug-likeness (QED) is 0.828. The molecule has 4 nitrogen and oxygen atoms in total. The van der Waals surface area contributed by atoms with Crippen molar-refractivity contribution in [1.82, 2.24) is 15.3 Å². The highest BCUT2D eigenvalue weighted by atomic mass is 32.2. The largest absolute Gasteiger partial charge is 0.353 e. The highest BCUT2D eigenvalue weighted by Crippen LogP contribution is 2.15. The van der Waals surface area contributed by atoms with Gasteiger partial charge >= 0.3 is 0 Å². The second-order valence-electron chi connectivity index (χ2n) is 4.51. The van der Waals surface area contributed by atoms with Crippen molar-refractivity contribution in [2.75, 3.05) is 5.75 Å². The molecular formula is C15H17N3OS. The van der Waals surface area contributed by atoms with Gasteiger partial charge in [0.05, 0.1) is 5.75 Å². The Balaban J connectivity index is 1.74. The number of hydrogen-bond donors (Lipinski definition) is 1. The zero-order chi connectivity index (χ0) is 14.2. The Bertz CT molecular complexity index is 533. The fraction of sp³-hybridized carbons (Fsp3) is 0.267. The van der Waals surface area contributed by atoms with Crippen molar-refractivity contribution in [2.24, 2.45) is 0 Å². The normalized spacial score (nSPS) is 11.8. The van der Waals surface area contributed by atoms with Crippen LogP contribution in [0.15, 0.2) is 53.9 Å². The van der Waals surface area contributed by atoms with E-state index < -0.39 is 0 Å². The van der Waals surface area contributed by atoms with Gasteiger partial charge in [0.1, 0.15) is 0 Å². The van der Waals surface area contributed by atoms with Crippen LogP contribution in [0.3, 0.4) is 0 Å². The molecule has 2 heterocycles. The predicted octanol–water partition coefficient (Wildman–Crippen LogP) is 2.32. The fourth-order valence-corrected chi connectivity index (χ4v) is 2.52. The van der Waals surface area contributed by atoms with Crippen molar-refractivity contribution in [3.8, 4) is 0 Å². The second kappa shape index (κ2) is 7.65. The van der Waals surface area contributed by atoms with Crippen LogP contribution in [0, 0.1) is 0 Å². The van der Waals surface area contributed by atoms with Crippen LogP contribution < -0.4 is 5.32 Å². The predicted molar refractivity (Wildman–Crippen MR) is 80.5 cm³/mol. The second-order valence-corrected chi connectivity index (χ2v) is 5.55. The molecule has 0 aliphatic carbocycles. The summed E-state index contributed by atoms with van der Waals surface area (Å²) in [5.41, 5.74) is 1.13. The van der Waals surface area contributed by atoms with Gasteiger partial charge in [-0.25, -0.2) is 0 Å². The molecular weight excluding hydrogens is 270 g/mol. The molecule has 0 saturated heterocycles. The Morgan fingerprint density at radius 3 is 2.75 bits per heavy atom. The molecule has 2 aromatic rings. The van der Waals surface area contributed by atoms with Gasteiger partial charge in [-0.2, -0.15) is 0 Å². The van der Waals surface area contributed by atoms with Gasteiger partial charge in [-0.1, -0.05) is 6.07 Å². The summed E-state index contributed by atoms with van der Waals surface area (Å²) < 4.78 is 0. The van der Waals surface area contributed by atoms with Crippen molar-refractivity contribution in [2.45, 2.75) is 24.3 Å². The van der Waals surface area contributed by atoms with Crippen LogP contribution in [0.1, 0.15) is 12.5 Å². The number of thioether (sulfide) groups is 1. The average Bonchev–Trinajstić information content (AvgIpc) is 2.47. The fourth-order valence-electron chi connectivity index (χ4n) is 1.82. The Hall–Kier alpha value is -1.88. The van der Waals surface area contributed by atoms with Gasteiger partial charge in [-0.3, -0.25) is 14.8 Å². The number of nitrogens with one attached hydrogen (secondary N) is 1. The standard InChI is InChI=1S/C15H17N3OS/c1-12(9-13-3-2-6-17-10-13)18-15(19)11-20-14-4-7-16-8-5-14/h2-8,10,12H,9,11H2,1H3,(H,18,19)/t12-/m0/s1. The van der Waals surface area contributed by atoms with Gasteiger partial charge in [0.2, 0.25) is 5.91 Å². The van der Waals surface area contributed by atoms with Crippen LogP contribution in [0.2, 0.25) is 0 Å². The molecule has 0 fully saturated rings. The van der Waals surface area contributed by atoms with Gasteiger partial charge in [-0.15, -0.1) is 11.8 Å². The summed E-state index contributed by atoms with van der Waals surface area (Å²) in [6.07, 6.45) is 7.82. The number of hydrogen-bond acceptors (Lipinski definition) is 4. The van der Waals surface area contributed by atoms with Crippen molar-refractivity contribution >= 4 is 17.7 Å². The van der Waals surface area contributed by atoms with Crippen LogP contribution >= 0.6 is 11.8 Å². The average molecular weight is 287 g/mol. The summed E-state index contributed by atoms with van der Waals surface area (Å²) >= 11 is 1.51. The van der Waals surface area contributed by atoms with E-state index >= 15 is 0 Å². The van der Waals surface area contributed by atoms with E-state index in [-0.39, 0.29) is 11.9 Å². The number of carbonyl (C=O) groups is 1. The molecule has 0 aliphatic rings. The summed E-state index contributed by atoms with van der Waals surface area (Å²) in [7, 11) is 0. The first kappa shape index (κ1) is 14.5. The molecule has 5 heteroatoms. The van der Waals surface area contributed by atoms with Gasteiger partial charge < -0.3 is 5.32 Å². The molecule has 0 bridgehead atoms. The number of amides is 1. The lowest BCUT2D eigenvalue weighted by Gasteiger charge is -2.13. The lowest BCUT2D eigenvalue weighted by atomic mass is 10.1. The zero-order valence-electron chi connectivity index (χ0n) is 11.3. The molecule has 0 aromatic carbocycles. The van der Waals surface area contributed by atoms with Gasteiger partial charge in [0.25, 0.3) is 0 Å². The Morgan fingerprint density at radius 2 is 2.05 bits per heavy atom. The third-order valence-corrected chi connectivity index (χ3v) is 3.70. The van der Waals surface area contributed by atoms with E-state index in [9.17, 15) is 4.79 Å². The first-order valence-electron chi connectivity index (χ1n) is 6.45. The number of carbonyl (C=O) groups excluding carboxylic acids is 1. The molecule has 0 aliphatic heterocycles. The van der Waals surface area contributed by atoms with E-state index in [0.29, 0.717) is 5.75 Å². The van der Waals surface area contributed by atoms with Crippen molar-refractivity contribution in [3.05, 3.63) is 54.6 Å². The molecule has 0 radical (unpaired) electrons. The van der Waals surface area contributed by atoms with Crippen molar-refractivity contribution < 1.29 is 4.79 Å². The molecule has 0 saturated carbocycles. The summed E-state index contributed by atoms with van der Waals surface area (Å²) in [6, 6.07) is 7.82. The third-order valence-electron chi connectivity index (χ3n) is 2.69. The smallest absolute Gasteiger partial charge is 0.230 e. The Labute approximate surface area is 123 Å². The van der Waals surface area contributed by atoms with Crippen LogP contribution in [-0.2, 0) is 11.2 Å². The maximum absolute atomic E-state index is 11.9. The van der Waals surface area contributed by atoms with Crippen LogP contribution in [-0.4, -0.2) is 27.7 Å². The minimum Gasteiger partial charge on any atom is -0.353 e. The van der Waals surface area contributed by atoms with E-state index in [0.717, 1.165) is 16.9 Å².